The summed E-state index contributed by atoms with van der Waals surface area (Å²) in [7, 11) is 0. The van der Waals surface area contributed by atoms with E-state index >= 15 is 0 Å². The Bertz CT molecular complexity index is 559. The van der Waals surface area contributed by atoms with Gasteiger partial charge in [-0.25, -0.2) is 0 Å². The Kier molecular flexibility index (Phi) is 4.27. The lowest BCUT2D eigenvalue weighted by atomic mass is 10.1. The lowest BCUT2D eigenvalue weighted by Crippen LogP contribution is -2.33. The van der Waals surface area contributed by atoms with E-state index in [-0.39, 0.29) is 11.9 Å². The van der Waals surface area contributed by atoms with Gasteiger partial charge in [0.1, 0.15) is 0 Å². The summed E-state index contributed by atoms with van der Waals surface area (Å²) < 4.78 is 0.720. The topological polar surface area (TPSA) is 66.4 Å². The number of carboxylic acids is 1. The highest BCUT2D eigenvalue weighted by atomic mass is 79.9. The molecule has 0 spiro atoms. The Labute approximate surface area is 123 Å². The van der Waals surface area contributed by atoms with E-state index in [0.29, 0.717) is 17.0 Å². The third-order valence-corrected chi connectivity index (χ3v) is 4.13. The van der Waals surface area contributed by atoms with Crippen LogP contribution in [-0.4, -0.2) is 23.0 Å². The molecule has 2 atom stereocenters. The summed E-state index contributed by atoms with van der Waals surface area (Å²) in [5, 5.41) is 12.1. The van der Waals surface area contributed by atoms with Gasteiger partial charge in [-0.2, -0.15) is 0 Å². The number of carbonyl (C=O) groups is 2. The molecule has 1 aliphatic rings. The molecule has 19 heavy (non-hydrogen) atoms. The molecular weight excluding hydrogens is 334 g/mol. The zero-order valence-electron chi connectivity index (χ0n) is 9.77. The van der Waals surface area contributed by atoms with Crippen molar-refractivity contribution in [2.45, 2.75) is 12.5 Å². The number of carboxylic acid groups (broad SMARTS) is 1. The average molecular weight is 345 g/mol. The van der Waals surface area contributed by atoms with Gasteiger partial charge in [-0.3, -0.25) is 9.59 Å². The standard InChI is InChI=1S/C13H11BrClNO3/c14-10-4-2-7(6-11(10)15)12(17)16-9-3-1-8(5-9)13(18)19/h1-4,6,8-9H,5H2,(H,16,17)(H,18,19). The molecular formula is C13H11BrClNO3. The Morgan fingerprint density at radius 3 is 2.68 bits per heavy atom. The molecule has 100 valence electrons. The van der Waals surface area contributed by atoms with Crippen LogP contribution in [0.2, 0.25) is 5.02 Å². The van der Waals surface area contributed by atoms with E-state index in [0.717, 1.165) is 4.47 Å². The Morgan fingerprint density at radius 2 is 2.11 bits per heavy atom. The van der Waals surface area contributed by atoms with Crippen LogP contribution < -0.4 is 5.32 Å². The van der Waals surface area contributed by atoms with E-state index in [2.05, 4.69) is 21.2 Å². The molecule has 1 aromatic carbocycles. The molecule has 0 bridgehead atoms. The SMILES string of the molecule is O=C(NC1C=CC(C(=O)O)C1)c1ccc(Br)c(Cl)c1. The molecule has 2 unspecified atom stereocenters. The second-order valence-electron chi connectivity index (χ2n) is 4.27. The van der Waals surface area contributed by atoms with Crippen molar-refractivity contribution in [2.75, 3.05) is 0 Å². The van der Waals surface area contributed by atoms with Gasteiger partial charge in [-0.1, -0.05) is 23.8 Å². The van der Waals surface area contributed by atoms with Crippen molar-refractivity contribution >= 4 is 39.4 Å². The monoisotopic (exact) mass is 343 g/mol. The number of carbonyl (C=O) groups excluding carboxylic acids is 1. The zero-order chi connectivity index (χ0) is 14.0. The average Bonchev–Trinajstić information content (AvgIpc) is 2.81. The predicted octanol–water partition coefficient (Wildman–Crippen LogP) is 2.86. The van der Waals surface area contributed by atoms with Crippen molar-refractivity contribution in [2.24, 2.45) is 5.92 Å². The third kappa shape index (κ3) is 3.36. The second kappa shape index (κ2) is 5.75. The molecule has 1 aromatic rings. The van der Waals surface area contributed by atoms with Crippen LogP contribution in [0, 0.1) is 5.92 Å². The maximum Gasteiger partial charge on any atom is 0.310 e. The number of aliphatic carboxylic acids is 1. The first-order valence-electron chi connectivity index (χ1n) is 5.64. The van der Waals surface area contributed by atoms with E-state index in [1.54, 1.807) is 30.4 Å². The zero-order valence-corrected chi connectivity index (χ0v) is 12.1. The fourth-order valence-corrected chi connectivity index (χ4v) is 2.31. The third-order valence-electron chi connectivity index (χ3n) is 2.90. The summed E-state index contributed by atoms with van der Waals surface area (Å²) in [6.45, 7) is 0. The fraction of sp³-hybridized carbons (Fsp3) is 0.231. The Balaban J connectivity index is 2.00. The van der Waals surface area contributed by atoms with E-state index in [9.17, 15) is 9.59 Å². The molecule has 1 amide bonds. The molecule has 0 saturated heterocycles. The molecule has 6 heteroatoms. The van der Waals surface area contributed by atoms with Crippen LogP contribution in [-0.2, 0) is 4.79 Å². The van der Waals surface area contributed by atoms with Gasteiger partial charge < -0.3 is 10.4 Å². The molecule has 0 fully saturated rings. The molecule has 0 aliphatic heterocycles. The molecule has 1 aliphatic carbocycles. The van der Waals surface area contributed by atoms with Crippen LogP contribution in [0.4, 0.5) is 0 Å². The molecule has 0 aromatic heterocycles. The molecule has 0 saturated carbocycles. The van der Waals surface area contributed by atoms with Crippen molar-refractivity contribution in [1.82, 2.24) is 5.32 Å². The minimum Gasteiger partial charge on any atom is -0.481 e. The molecule has 2 N–H and O–H groups in total. The van der Waals surface area contributed by atoms with Crippen molar-refractivity contribution in [3.63, 3.8) is 0 Å². The highest BCUT2D eigenvalue weighted by molar-refractivity contribution is 9.10. The predicted molar refractivity (Wildman–Crippen MR) is 75.3 cm³/mol. The quantitative estimate of drug-likeness (QED) is 0.829. The Morgan fingerprint density at radius 1 is 1.37 bits per heavy atom. The number of hydrogen-bond donors (Lipinski definition) is 2. The number of nitrogens with one attached hydrogen (secondary N) is 1. The summed E-state index contributed by atoms with van der Waals surface area (Å²) in [4.78, 5) is 22.8. The highest BCUT2D eigenvalue weighted by Crippen LogP contribution is 2.24. The minimum absolute atomic E-state index is 0.254. The summed E-state index contributed by atoms with van der Waals surface area (Å²) in [5.74, 6) is -1.67. The largest absolute Gasteiger partial charge is 0.481 e. The molecule has 2 rings (SSSR count). The van der Waals surface area contributed by atoms with Gasteiger partial charge in [0.25, 0.3) is 5.91 Å². The van der Waals surface area contributed by atoms with Crippen molar-refractivity contribution in [3.8, 4) is 0 Å². The fourth-order valence-electron chi connectivity index (χ4n) is 1.88. The second-order valence-corrected chi connectivity index (χ2v) is 5.54. The van der Waals surface area contributed by atoms with Crippen molar-refractivity contribution in [3.05, 3.63) is 45.4 Å². The van der Waals surface area contributed by atoms with Crippen LogP contribution >= 0.6 is 27.5 Å². The van der Waals surface area contributed by atoms with E-state index in [1.165, 1.54) is 0 Å². The van der Waals surface area contributed by atoms with Gasteiger partial charge in [-0.05, 0) is 40.5 Å². The minimum atomic E-state index is -0.875. The van der Waals surface area contributed by atoms with Crippen LogP contribution in [0.25, 0.3) is 0 Å². The maximum atomic E-state index is 12.0. The number of rotatable bonds is 3. The van der Waals surface area contributed by atoms with Crippen molar-refractivity contribution < 1.29 is 14.7 Å². The van der Waals surface area contributed by atoms with Gasteiger partial charge in [-0.15, -0.1) is 0 Å². The van der Waals surface area contributed by atoms with Gasteiger partial charge in [0.15, 0.2) is 0 Å². The lowest BCUT2D eigenvalue weighted by Gasteiger charge is -2.12. The van der Waals surface area contributed by atoms with Crippen LogP contribution in [0.3, 0.4) is 0 Å². The van der Waals surface area contributed by atoms with Gasteiger partial charge in [0, 0.05) is 16.1 Å². The normalized spacial score (nSPS) is 21.4. The summed E-state index contributed by atoms with van der Waals surface area (Å²) in [5.41, 5.74) is 0.445. The van der Waals surface area contributed by atoms with Crippen LogP contribution in [0.1, 0.15) is 16.8 Å². The number of benzene rings is 1. The summed E-state index contributed by atoms with van der Waals surface area (Å²) in [6.07, 6.45) is 3.68. The molecule has 0 heterocycles. The van der Waals surface area contributed by atoms with Crippen LogP contribution in [0.5, 0.6) is 0 Å². The number of hydrogen-bond acceptors (Lipinski definition) is 2. The molecule has 4 nitrogen and oxygen atoms in total. The van der Waals surface area contributed by atoms with Gasteiger partial charge in [0.2, 0.25) is 0 Å². The van der Waals surface area contributed by atoms with E-state index < -0.39 is 11.9 Å². The first-order valence-corrected chi connectivity index (χ1v) is 6.81. The lowest BCUT2D eigenvalue weighted by molar-refractivity contribution is -0.140. The first-order chi connectivity index (χ1) is 8.97. The molecule has 0 radical (unpaired) electrons. The maximum absolute atomic E-state index is 12.0. The number of halogens is 2. The van der Waals surface area contributed by atoms with Gasteiger partial charge in [0.05, 0.1) is 10.9 Å². The van der Waals surface area contributed by atoms with Gasteiger partial charge >= 0.3 is 5.97 Å². The Hall–Kier alpha value is -1.33. The highest BCUT2D eigenvalue weighted by Gasteiger charge is 2.25. The van der Waals surface area contributed by atoms with E-state index in [4.69, 9.17) is 16.7 Å². The van der Waals surface area contributed by atoms with Crippen LogP contribution in [0.15, 0.2) is 34.8 Å². The first kappa shape index (κ1) is 14.1. The summed E-state index contributed by atoms with van der Waals surface area (Å²) >= 11 is 9.17. The van der Waals surface area contributed by atoms with E-state index in [1.807, 2.05) is 0 Å². The number of amides is 1. The summed E-state index contributed by atoms with van der Waals surface area (Å²) in [6, 6.07) is 4.66. The smallest absolute Gasteiger partial charge is 0.310 e. The van der Waals surface area contributed by atoms with Crippen molar-refractivity contribution in [1.29, 1.82) is 0 Å².